The molecule has 106 valence electrons. The Bertz CT molecular complexity index is 503. The lowest BCUT2D eigenvalue weighted by Gasteiger charge is -2.12. The summed E-state index contributed by atoms with van der Waals surface area (Å²) in [5.74, 6) is 1.35. The van der Waals surface area contributed by atoms with Gasteiger partial charge in [-0.05, 0) is 12.5 Å². The van der Waals surface area contributed by atoms with Crippen LogP contribution in [0, 0.1) is 19.3 Å². The van der Waals surface area contributed by atoms with Crippen molar-refractivity contribution in [2.45, 2.75) is 19.4 Å². The van der Waals surface area contributed by atoms with Crippen LogP contribution in [0.15, 0.2) is 24.3 Å². The predicted molar refractivity (Wildman–Crippen MR) is 75.6 cm³/mol. The average Bonchev–Trinajstić information content (AvgIpc) is 2.43. The van der Waals surface area contributed by atoms with Crippen molar-refractivity contribution in [3.05, 3.63) is 35.4 Å². The molecule has 5 nitrogen and oxygen atoms in total. The maximum absolute atomic E-state index is 11.5. The number of terminal acetylenes is 1. The van der Waals surface area contributed by atoms with Crippen LogP contribution in [0.4, 0.5) is 0 Å². The average molecular weight is 274 g/mol. The summed E-state index contributed by atoms with van der Waals surface area (Å²) in [6.45, 7) is 2.11. The lowest BCUT2D eigenvalue weighted by Crippen LogP contribution is -2.34. The Labute approximate surface area is 118 Å². The van der Waals surface area contributed by atoms with Crippen LogP contribution >= 0.6 is 0 Å². The van der Waals surface area contributed by atoms with Gasteiger partial charge in [0.1, 0.15) is 6.42 Å². The van der Waals surface area contributed by atoms with Gasteiger partial charge in [0.05, 0.1) is 12.6 Å². The van der Waals surface area contributed by atoms with Crippen molar-refractivity contribution >= 4 is 11.8 Å². The molecule has 20 heavy (non-hydrogen) atoms. The minimum Gasteiger partial charge on any atom is -0.387 e. The van der Waals surface area contributed by atoms with Crippen molar-refractivity contribution in [1.29, 1.82) is 0 Å². The van der Waals surface area contributed by atoms with Crippen molar-refractivity contribution in [3.8, 4) is 12.3 Å². The topological polar surface area (TPSA) is 78.4 Å². The quantitative estimate of drug-likeness (QED) is 0.515. The summed E-state index contributed by atoms with van der Waals surface area (Å²) in [5.41, 5.74) is 1.81. The molecule has 3 N–H and O–H groups in total. The zero-order chi connectivity index (χ0) is 15.0. The zero-order valence-corrected chi connectivity index (χ0v) is 11.3. The SMILES string of the molecule is C#CCNC(=O)CC(=O)NCC(O)c1ccc(C)cc1. The number of carbonyl (C=O) groups is 2. The highest BCUT2D eigenvalue weighted by Gasteiger charge is 2.12. The van der Waals surface area contributed by atoms with Crippen LogP contribution in [0.5, 0.6) is 0 Å². The monoisotopic (exact) mass is 274 g/mol. The van der Waals surface area contributed by atoms with Crippen LogP contribution < -0.4 is 10.6 Å². The fourth-order valence-electron chi connectivity index (χ4n) is 1.54. The van der Waals surface area contributed by atoms with E-state index in [4.69, 9.17) is 6.42 Å². The second-order valence-corrected chi connectivity index (χ2v) is 4.39. The number of aliphatic hydroxyl groups excluding tert-OH is 1. The summed E-state index contributed by atoms with van der Waals surface area (Å²) in [5, 5.41) is 14.8. The highest BCUT2D eigenvalue weighted by atomic mass is 16.3. The molecule has 1 rings (SSSR count). The standard InChI is InChI=1S/C15H18N2O3/c1-3-8-16-14(19)9-15(20)17-10-13(18)12-6-4-11(2)5-7-12/h1,4-7,13,18H,8-10H2,2H3,(H,16,19)(H,17,20). The van der Waals surface area contributed by atoms with E-state index in [1.54, 1.807) is 12.1 Å². The molecule has 0 heterocycles. The number of aliphatic hydroxyl groups is 1. The van der Waals surface area contributed by atoms with Crippen LogP contribution in [-0.2, 0) is 9.59 Å². The van der Waals surface area contributed by atoms with Crippen molar-refractivity contribution in [2.75, 3.05) is 13.1 Å². The van der Waals surface area contributed by atoms with Crippen LogP contribution in [0.3, 0.4) is 0 Å². The second-order valence-electron chi connectivity index (χ2n) is 4.39. The van der Waals surface area contributed by atoms with Gasteiger partial charge in [0.15, 0.2) is 0 Å². The number of benzene rings is 1. The van der Waals surface area contributed by atoms with Crippen LogP contribution in [-0.4, -0.2) is 30.0 Å². The van der Waals surface area contributed by atoms with E-state index in [1.165, 1.54) is 0 Å². The van der Waals surface area contributed by atoms with Crippen molar-refractivity contribution in [3.63, 3.8) is 0 Å². The molecule has 0 saturated heterocycles. The molecule has 2 amide bonds. The van der Waals surface area contributed by atoms with E-state index in [2.05, 4.69) is 16.6 Å². The van der Waals surface area contributed by atoms with E-state index in [1.807, 2.05) is 19.1 Å². The van der Waals surface area contributed by atoms with E-state index in [9.17, 15) is 14.7 Å². The van der Waals surface area contributed by atoms with Gasteiger partial charge in [-0.3, -0.25) is 9.59 Å². The minimum atomic E-state index is -0.798. The summed E-state index contributed by atoms with van der Waals surface area (Å²) < 4.78 is 0. The molecule has 5 heteroatoms. The Morgan fingerprint density at radius 2 is 1.85 bits per heavy atom. The van der Waals surface area contributed by atoms with Gasteiger partial charge in [-0.25, -0.2) is 0 Å². The Balaban J connectivity index is 2.35. The number of rotatable bonds is 6. The van der Waals surface area contributed by atoms with E-state index in [0.29, 0.717) is 5.56 Å². The molecule has 1 atom stereocenters. The van der Waals surface area contributed by atoms with E-state index < -0.39 is 17.9 Å². The number of hydrogen-bond acceptors (Lipinski definition) is 3. The van der Waals surface area contributed by atoms with Gasteiger partial charge in [-0.2, -0.15) is 0 Å². The molecular formula is C15H18N2O3. The van der Waals surface area contributed by atoms with Gasteiger partial charge >= 0.3 is 0 Å². The number of amides is 2. The third-order valence-electron chi connectivity index (χ3n) is 2.66. The van der Waals surface area contributed by atoms with E-state index in [0.717, 1.165) is 5.56 Å². The Hall–Kier alpha value is -2.32. The normalized spacial score (nSPS) is 11.2. The number of carbonyl (C=O) groups excluding carboxylic acids is 2. The summed E-state index contributed by atoms with van der Waals surface area (Å²) in [6, 6.07) is 7.36. The third-order valence-corrected chi connectivity index (χ3v) is 2.66. The fraction of sp³-hybridized carbons (Fsp3) is 0.333. The smallest absolute Gasteiger partial charge is 0.230 e. The number of nitrogens with one attached hydrogen (secondary N) is 2. The van der Waals surface area contributed by atoms with Crippen LogP contribution in [0.1, 0.15) is 23.7 Å². The molecule has 0 spiro atoms. The number of aryl methyl sites for hydroxylation is 1. The summed E-state index contributed by atoms with van der Waals surface area (Å²) >= 11 is 0. The summed E-state index contributed by atoms with van der Waals surface area (Å²) in [4.78, 5) is 22.7. The zero-order valence-electron chi connectivity index (χ0n) is 11.3. The Morgan fingerprint density at radius 1 is 1.25 bits per heavy atom. The van der Waals surface area contributed by atoms with Gasteiger partial charge in [0, 0.05) is 6.54 Å². The molecule has 0 aromatic heterocycles. The summed E-state index contributed by atoms with van der Waals surface area (Å²) in [7, 11) is 0. The molecule has 0 bridgehead atoms. The molecule has 1 aromatic carbocycles. The lowest BCUT2D eigenvalue weighted by molar-refractivity contribution is -0.129. The Kier molecular flexibility index (Phi) is 6.27. The number of hydrogen-bond donors (Lipinski definition) is 3. The maximum Gasteiger partial charge on any atom is 0.230 e. The van der Waals surface area contributed by atoms with Crippen molar-refractivity contribution < 1.29 is 14.7 Å². The summed E-state index contributed by atoms with van der Waals surface area (Å²) in [6.07, 6.45) is 3.88. The van der Waals surface area contributed by atoms with Gasteiger partial charge in [-0.15, -0.1) is 6.42 Å². The van der Waals surface area contributed by atoms with E-state index >= 15 is 0 Å². The predicted octanol–water partition coefficient (Wildman–Crippen LogP) is 0.284. The van der Waals surface area contributed by atoms with Gasteiger partial charge in [0.2, 0.25) is 11.8 Å². The largest absolute Gasteiger partial charge is 0.387 e. The lowest BCUT2D eigenvalue weighted by atomic mass is 10.1. The molecule has 1 aromatic rings. The Morgan fingerprint density at radius 3 is 2.45 bits per heavy atom. The maximum atomic E-state index is 11.5. The molecule has 0 fully saturated rings. The molecule has 0 aliphatic rings. The van der Waals surface area contributed by atoms with Gasteiger partial charge in [0.25, 0.3) is 0 Å². The van der Waals surface area contributed by atoms with Crippen molar-refractivity contribution in [2.24, 2.45) is 0 Å². The van der Waals surface area contributed by atoms with Crippen molar-refractivity contribution in [1.82, 2.24) is 10.6 Å². The van der Waals surface area contributed by atoms with Crippen LogP contribution in [0.2, 0.25) is 0 Å². The first-order valence-electron chi connectivity index (χ1n) is 6.24. The second kappa shape index (κ2) is 7.97. The fourth-order valence-corrected chi connectivity index (χ4v) is 1.54. The first-order chi connectivity index (χ1) is 9.52. The highest BCUT2D eigenvalue weighted by molar-refractivity contribution is 5.96. The first-order valence-corrected chi connectivity index (χ1v) is 6.24. The first kappa shape index (κ1) is 15.7. The molecule has 0 aliphatic heterocycles. The minimum absolute atomic E-state index is 0.0598. The van der Waals surface area contributed by atoms with E-state index in [-0.39, 0.29) is 19.5 Å². The molecule has 0 radical (unpaired) electrons. The molecular weight excluding hydrogens is 256 g/mol. The highest BCUT2D eigenvalue weighted by Crippen LogP contribution is 2.12. The van der Waals surface area contributed by atoms with Crippen LogP contribution in [0.25, 0.3) is 0 Å². The molecule has 1 unspecified atom stereocenters. The molecule has 0 saturated carbocycles. The molecule has 0 aliphatic carbocycles. The van der Waals surface area contributed by atoms with Gasteiger partial charge < -0.3 is 15.7 Å². The van der Waals surface area contributed by atoms with Gasteiger partial charge in [-0.1, -0.05) is 35.7 Å². The third kappa shape index (κ3) is 5.55.